The first-order valence-corrected chi connectivity index (χ1v) is 8.42. The second kappa shape index (κ2) is 10.9. The summed E-state index contributed by atoms with van der Waals surface area (Å²) in [7, 11) is 0. The largest absolute Gasteiger partial charge is 0.466 e. The molecule has 3 amide bonds. The van der Waals surface area contributed by atoms with Gasteiger partial charge in [0.25, 0.3) is 0 Å². The molecular formula is C18H25N3O5. The summed E-state index contributed by atoms with van der Waals surface area (Å²) < 4.78 is 4.73. The van der Waals surface area contributed by atoms with Gasteiger partial charge in [-0.05, 0) is 19.4 Å². The summed E-state index contributed by atoms with van der Waals surface area (Å²) in [5.41, 5.74) is 6.13. The maximum atomic E-state index is 12.0. The number of rotatable bonds is 10. The Morgan fingerprint density at radius 1 is 1.04 bits per heavy atom. The highest BCUT2D eigenvalue weighted by atomic mass is 16.5. The lowest BCUT2D eigenvalue weighted by Crippen LogP contribution is -2.46. The minimum atomic E-state index is -1.16. The maximum Gasteiger partial charge on any atom is 0.308 e. The number of ether oxygens (including phenoxy) is 1. The van der Waals surface area contributed by atoms with E-state index in [0.717, 1.165) is 5.56 Å². The number of hydrogen-bond acceptors (Lipinski definition) is 5. The number of nitrogens with one attached hydrogen (secondary N) is 2. The number of esters is 1. The fraction of sp³-hybridized carbons (Fsp3) is 0.444. The lowest BCUT2D eigenvalue weighted by molar-refractivity contribution is -0.145. The Labute approximate surface area is 152 Å². The molecule has 8 nitrogen and oxygen atoms in total. The molecule has 0 aliphatic heterocycles. The van der Waals surface area contributed by atoms with Crippen molar-refractivity contribution < 1.29 is 23.9 Å². The van der Waals surface area contributed by atoms with Crippen LogP contribution in [0.15, 0.2) is 30.3 Å². The molecule has 0 bridgehead atoms. The Balaban J connectivity index is 2.42. The third-order valence-electron chi connectivity index (χ3n) is 3.61. The standard InChI is InChI=1S/C18H25N3O5/c1-3-26-17(24)11-14(18(19)25)21-16(23)10-9-15(22)20-12(2)13-7-5-4-6-8-13/h4-8,12,14H,3,9-11H2,1-2H3,(H2,19,25)(H,20,22)(H,21,23)/t12-,14+/m1/s1. The van der Waals surface area contributed by atoms with Crippen molar-refractivity contribution in [2.45, 2.75) is 45.2 Å². The Kier molecular flexibility index (Phi) is 8.83. The Hall–Kier alpha value is -2.90. The summed E-state index contributed by atoms with van der Waals surface area (Å²) in [5.74, 6) is -2.31. The quantitative estimate of drug-likeness (QED) is 0.524. The minimum absolute atomic E-state index is 0.0477. The zero-order chi connectivity index (χ0) is 19.5. The van der Waals surface area contributed by atoms with Crippen LogP contribution >= 0.6 is 0 Å². The fourth-order valence-corrected chi connectivity index (χ4v) is 2.24. The maximum absolute atomic E-state index is 12.0. The Bertz CT molecular complexity index is 633. The average Bonchev–Trinajstić information content (AvgIpc) is 2.60. The van der Waals surface area contributed by atoms with Crippen LogP contribution < -0.4 is 16.4 Å². The van der Waals surface area contributed by atoms with E-state index in [4.69, 9.17) is 10.5 Å². The highest BCUT2D eigenvalue weighted by Crippen LogP contribution is 2.11. The molecule has 26 heavy (non-hydrogen) atoms. The van der Waals surface area contributed by atoms with Crippen molar-refractivity contribution in [1.29, 1.82) is 0 Å². The van der Waals surface area contributed by atoms with Crippen LogP contribution in [0.1, 0.15) is 44.7 Å². The van der Waals surface area contributed by atoms with E-state index in [-0.39, 0.29) is 37.8 Å². The summed E-state index contributed by atoms with van der Waals surface area (Å²) in [5, 5.41) is 5.14. The van der Waals surface area contributed by atoms with Crippen LogP contribution in [0.4, 0.5) is 0 Å². The smallest absolute Gasteiger partial charge is 0.308 e. The topological polar surface area (TPSA) is 128 Å². The predicted molar refractivity (Wildman–Crippen MR) is 94.6 cm³/mol. The first-order chi connectivity index (χ1) is 12.3. The normalized spacial score (nSPS) is 12.5. The van der Waals surface area contributed by atoms with Crippen molar-refractivity contribution in [1.82, 2.24) is 10.6 Å². The van der Waals surface area contributed by atoms with Gasteiger partial charge in [-0.25, -0.2) is 0 Å². The zero-order valence-corrected chi connectivity index (χ0v) is 15.0. The van der Waals surface area contributed by atoms with E-state index in [2.05, 4.69) is 10.6 Å². The molecule has 1 aromatic carbocycles. The van der Waals surface area contributed by atoms with E-state index in [1.807, 2.05) is 37.3 Å². The van der Waals surface area contributed by atoms with Crippen molar-refractivity contribution >= 4 is 23.7 Å². The number of carbonyl (C=O) groups is 4. The summed E-state index contributed by atoms with van der Waals surface area (Å²) in [6, 6.07) is 8.07. The number of hydrogen-bond donors (Lipinski definition) is 3. The summed E-state index contributed by atoms with van der Waals surface area (Å²) >= 11 is 0. The number of nitrogens with two attached hydrogens (primary N) is 1. The predicted octanol–water partition coefficient (Wildman–Crippen LogP) is 0.567. The van der Waals surface area contributed by atoms with E-state index >= 15 is 0 Å². The second-order valence-corrected chi connectivity index (χ2v) is 5.73. The molecule has 0 saturated heterocycles. The van der Waals surface area contributed by atoms with Crippen LogP contribution in [0.3, 0.4) is 0 Å². The molecule has 0 spiro atoms. The van der Waals surface area contributed by atoms with Crippen molar-refractivity contribution in [3.8, 4) is 0 Å². The van der Waals surface area contributed by atoms with Gasteiger partial charge in [0.15, 0.2) is 0 Å². The van der Waals surface area contributed by atoms with Crippen LogP contribution in [0.2, 0.25) is 0 Å². The lowest BCUT2D eigenvalue weighted by Gasteiger charge is -2.16. The summed E-state index contributed by atoms with van der Waals surface area (Å²) in [4.78, 5) is 46.6. The monoisotopic (exact) mass is 363 g/mol. The van der Waals surface area contributed by atoms with Crippen LogP contribution in [0.5, 0.6) is 0 Å². The van der Waals surface area contributed by atoms with E-state index in [9.17, 15) is 19.2 Å². The zero-order valence-electron chi connectivity index (χ0n) is 15.0. The van der Waals surface area contributed by atoms with Crippen molar-refractivity contribution in [3.05, 3.63) is 35.9 Å². The number of benzene rings is 1. The van der Waals surface area contributed by atoms with Crippen molar-refractivity contribution in [2.24, 2.45) is 5.73 Å². The van der Waals surface area contributed by atoms with Gasteiger partial charge in [-0.2, -0.15) is 0 Å². The molecule has 0 aliphatic carbocycles. The second-order valence-electron chi connectivity index (χ2n) is 5.73. The highest BCUT2D eigenvalue weighted by Gasteiger charge is 2.22. The van der Waals surface area contributed by atoms with Crippen molar-refractivity contribution in [2.75, 3.05) is 6.61 Å². The number of primary amides is 1. The third-order valence-corrected chi connectivity index (χ3v) is 3.61. The van der Waals surface area contributed by atoms with Gasteiger partial charge < -0.3 is 21.1 Å². The average molecular weight is 363 g/mol. The van der Waals surface area contributed by atoms with Gasteiger partial charge in [-0.1, -0.05) is 30.3 Å². The summed E-state index contributed by atoms with van der Waals surface area (Å²) in [6.07, 6.45) is -0.514. The molecule has 0 aliphatic rings. The Morgan fingerprint density at radius 2 is 1.62 bits per heavy atom. The molecule has 8 heteroatoms. The molecule has 142 valence electrons. The van der Waals surface area contributed by atoms with Gasteiger partial charge in [0, 0.05) is 12.8 Å². The van der Waals surface area contributed by atoms with Gasteiger partial charge in [0.2, 0.25) is 17.7 Å². The highest BCUT2D eigenvalue weighted by molar-refractivity contribution is 5.91. The van der Waals surface area contributed by atoms with Crippen LogP contribution in [-0.4, -0.2) is 36.3 Å². The van der Waals surface area contributed by atoms with E-state index in [1.165, 1.54) is 0 Å². The molecule has 4 N–H and O–H groups in total. The molecule has 2 atom stereocenters. The molecule has 0 saturated carbocycles. The van der Waals surface area contributed by atoms with Gasteiger partial charge >= 0.3 is 5.97 Å². The van der Waals surface area contributed by atoms with Crippen LogP contribution in [-0.2, 0) is 23.9 Å². The molecule has 1 aromatic rings. The molecular weight excluding hydrogens is 338 g/mol. The van der Waals surface area contributed by atoms with Crippen LogP contribution in [0.25, 0.3) is 0 Å². The van der Waals surface area contributed by atoms with E-state index in [0.29, 0.717) is 0 Å². The first kappa shape index (κ1) is 21.1. The van der Waals surface area contributed by atoms with Crippen LogP contribution in [0, 0.1) is 0 Å². The van der Waals surface area contributed by atoms with Gasteiger partial charge in [-0.3, -0.25) is 19.2 Å². The number of carbonyl (C=O) groups excluding carboxylic acids is 4. The Morgan fingerprint density at radius 3 is 2.15 bits per heavy atom. The molecule has 1 rings (SSSR count). The lowest BCUT2D eigenvalue weighted by atomic mass is 10.1. The van der Waals surface area contributed by atoms with Gasteiger partial charge in [-0.15, -0.1) is 0 Å². The van der Waals surface area contributed by atoms with E-state index < -0.39 is 23.8 Å². The molecule has 0 fully saturated rings. The first-order valence-electron chi connectivity index (χ1n) is 8.42. The molecule has 0 aromatic heterocycles. The number of amides is 3. The third kappa shape index (κ3) is 7.78. The summed E-state index contributed by atoms with van der Waals surface area (Å²) in [6.45, 7) is 3.64. The molecule has 0 unspecified atom stereocenters. The van der Waals surface area contributed by atoms with Gasteiger partial charge in [0.05, 0.1) is 19.1 Å². The van der Waals surface area contributed by atoms with E-state index in [1.54, 1.807) is 6.92 Å². The molecule has 0 radical (unpaired) electrons. The SMILES string of the molecule is CCOC(=O)C[C@H](NC(=O)CCC(=O)N[C@H](C)c1ccccc1)C(N)=O. The van der Waals surface area contributed by atoms with Crippen molar-refractivity contribution in [3.63, 3.8) is 0 Å². The molecule has 0 heterocycles. The fourth-order valence-electron chi connectivity index (χ4n) is 2.24. The van der Waals surface area contributed by atoms with Gasteiger partial charge in [0.1, 0.15) is 6.04 Å². The minimum Gasteiger partial charge on any atom is -0.466 e.